The second-order valence-electron chi connectivity index (χ2n) is 19.7. The number of aryl methyl sites for hydroxylation is 1. The molecule has 53 heavy (non-hydrogen) atoms. The van der Waals surface area contributed by atoms with Crippen LogP contribution in [0.25, 0.3) is 10.1 Å². The molecule has 0 fully saturated rings. The first-order chi connectivity index (χ1) is 24.7. The Morgan fingerprint density at radius 3 is 1.45 bits per heavy atom. The van der Waals surface area contributed by atoms with Gasteiger partial charge in [0.25, 0.3) is 0 Å². The van der Waals surface area contributed by atoms with Crippen molar-refractivity contribution in [3.05, 3.63) is 141 Å². The van der Waals surface area contributed by atoms with Crippen LogP contribution in [-0.4, -0.2) is 0 Å². The van der Waals surface area contributed by atoms with Gasteiger partial charge < -0.3 is 9.80 Å². The van der Waals surface area contributed by atoms with E-state index in [2.05, 4.69) is 197 Å². The van der Waals surface area contributed by atoms with E-state index in [4.69, 9.17) is 0 Å². The molecule has 3 heterocycles. The maximum Gasteiger partial charge on any atom is 0.0689 e. The summed E-state index contributed by atoms with van der Waals surface area (Å²) in [5.41, 5.74) is 17.3. The van der Waals surface area contributed by atoms with Gasteiger partial charge in [-0.15, -0.1) is 11.3 Å². The van der Waals surface area contributed by atoms with Crippen LogP contribution in [0, 0.1) is 6.92 Å². The van der Waals surface area contributed by atoms with Crippen molar-refractivity contribution in [3.63, 3.8) is 0 Å². The van der Waals surface area contributed by atoms with Gasteiger partial charge in [0.1, 0.15) is 0 Å². The van der Waals surface area contributed by atoms with E-state index in [1.54, 1.807) is 0 Å². The zero-order valence-electron chi connectivity index (χ0n) is 34.1. The lowest BCUT2D eigenvalue weighted by molar-refractivity contribution is 0.589. The highest BCUT2D eigenvalue weighted by molar-refractivity contribution is 7.20. The van der Waals surface area contributed by atoms with Gasteiger partial charge in [-0.1, -0.05) is 126 Å². The Morgan fingerprint density at radius 1 is 0.472 bits per heavy atom. The molecule has 0 saturated heterocycles. The maximum absolute atomic E-state index is 2.60. The summed E-state index contributed by atoms with van der Waals surface area (Å²) < 4.78 is 1.35. The molecule has 0 radical (unpaired) electrons. The summed E-state index contributed by atoms with van der Waals surface area (Å²) in [4.78, 5) is 6.59. The summed E-state index contributed by atoms with van der Waals surface area (Å²) in [7, 11) is 0. The first-order valence-corrected chi connectivity index (χ1v) is 20.2. The standard InChI is InChI=1S/C50H56N2S/c1-30-26-40-44-41(27-30)52(36-22-16-32(17-23-36)48(5,6)7)45-38-28-33(49(8,9)10)19-25-42(38)53-46(45)43(44)37-24-18-34(50(11,12)13)29-39(37)51(40)35-20-14-31(15-21-35)47(2,3)4/h14-29,43H,1-13H3. The molecule has 0 bridgehead atoms. The third-order valence-electron chi connectivity index (χ3n) is 11.5. The largest absolute Gasteiger partial charge is 0.310 e. The highest BCUT2D eigenvalue weighted by Crippen LogP contribution is 2.64. The van der Waals surface area contributed by atoms with Gasteiger partial charge in [-0.05, 0) is 117 Å². The Hall–Kier alpha value is -4.34. The number of fused-ring (bicyclic) bond motifs is 6. The van der Waals surface area contributed by atoms with Gasteiger partial charge in [0.2, 0.25) is 0 Å². The summed E-state index contributed by atoms with van der Waals surface area (Å²) in [6.07, 6.45) is 0. The van der Waals surface area contributed by atoms with Crippen molar-refractivity contribution in [1.82, 2.24) is 0 Å². The molecule has 6 aromatic rings. The van der Waals surface area contributed by atoms with Crippen LogP contribution in [0.3, 0.4) is 0 Å². The third-order valence-corrected chi connectivity index (χ3v) is 12.7. The number of benzene rings is 5. The molecule has 0 N–H and O–H groups in total. The summed E-state index contributed by atoms with van der Waals surface area (Å²) in [5.74, 6) is 0.116. The molecule has 0 saturated carbocycles. The quantitative estimate of drug-likeness (QED) is 0.176. The van der Waals surface area contributed by atoms with Crippen LogP contribution in [0.15, 0.2) is 97.1 Å². The molecule has 272 valence electrons. The molecule has 8 rings (SSSR count). The van der Waals surface area contributed by atoms with E-state index in [1.807, 2.05) is 11.3 Å². The number of rotatable bonds is 2. The van der Waals surface area contributed by atoms with Crippen LogP contribution in [0.2, 0.25) is 0 Å². The van der Waals surface area contributed by atoms with Crippen molar-refractivity contribution in [3.8, 4) is 0 Å². The Bertz CT molecular complexity index is 2380. The lowest BCUT2D eigenvalue weighted by atomic mass is 9.76. The van der Waals surface area contributed by atoms with Crippen molar-refractivity contribution >= 4 is 55.5 Å². The van der Waals surface area contributed by atoms with E-state index in [-0.39, 0.29) is 27.6 Å². The summed E-state index contributed by atoms with van der Waals surface area (Å²) >= 11 is 1.98. The maximum atomic E-state index is 2.60. The first-order valence-electron chi connectivity index (χ1n) is 19.4. The van der Waals surface area contributed by atoms with Gasteiger partial charge in [0.15, 0.2) is 0 Å². The minimum atomic E-state index is 0.0174. The van der Waals surface area contributed by atoms with Gasteiger partial charge in [-0.2, -0.15) is 0 Å². The van der Waals surface area contributed by atoms with Crippen molar-refractivity contribution in [2.45, 2.75) is 118 Å². The molecule has 1 aromatic heterocycles. The molecule has 0 amide bonds. The van der Waals surface area contributed by atoms with Crippen LogP contribution in [0.4, 0.5) is 34.1 Å². The van der Waals surface area contributed by atoms with Gasteiger partial charge in [-0.25, -0.2) is 0 Å². The summed E-state index contributed by atoms with van der Waals surface area (Å²) in [5, 5.41) is 1.35. The van der Waals surface area contributed by atoms with E-state index in [0.29, 0.717) is 0 Å². The van der Waals surface area contributed by atoms with Crippen LogP contribution in [0.1, 0.15) is 133 Å². The van der Waals surface area contributed by atoms with Crippen molar-refractivity contribution < 1.29 is 0 Å². The summed E-state index contributed by atoms with van der Waals surface area (Å²) in [6, 6.07) is 38.1. The zero-order valence-corrected chi connectivity index (χ0v) is 34.9. The lowest BCUT2D eigenvalue weighted by Gasteiger charge is -2.45. The SMILES string of the molecule is Cc1cc2c3c(c1)N(c1ccc(C(C)(C)C)cc1)c1c(sc4ccc(C(C)(C)C)cc14)C3c1ccc(C(C)(C)C)cc1N2c1ccc(C(C)(C)C)cc1. The molecule has 2 aliphatic rings. The Labute approximate surface area is 322 Å². The van der Waals surface area contributed by atoms with E-state index in [9.17, 15) is 0 Å². The number of thiophene rings is 1. The molecule has 5 aromatic carbocycles. The lowest BCUT2D eigenvalue weighted by Crippen LogP contribution is -2.29. The van der Waals surface area contributed by atoms with Crippen LogP contribution in [0.5, 0.6) is 0 Å². The van der Waals surface area contributed by atoms with E-state index in [0.717, 1.165) is 0 Å². The predicted octanol–water partition coefficient (Wildman–Crippen LogP) is 15.1. The average Bonchev–Trinajstić information content (AvgIpc) is 3.45. The minimum absolute atomic E-state index is 0.0174. The van der Waals surface area contributed by atoms with E-state index in [1.165, 1.54) is 88.0 Å². The molecule has 0 aliphatic carbocycles. The highest BCUT2D eigenvalue weighted by atomic mass is 32.1. The van der Waals surface area contributed by atoms with Crippen LogP contribution < -0.4 is 9.80 Å². The second kappa shape index (κ2) is 11.8. The van der Waals surface area contributed by atoms with Gasteiger partial charge in [-0.3, -0.25) is 0 Å². The molecular formula is C50H56N2S. The predicted molar refractivity (Wildman–Crippen MR) is 232 cm³/mol. The highest BCUT2D eigenvalue weighted by Gasteiger charge is 2.43. The number of nitrogens with zero attached hydrogens (tertiary/aromatic N) is 2. The van der Waals surface area contributed by atoms with E-state index >= 15 is 0 Å². The first kappa shape index (κ1) is 35.7. The number of hydrogen-bond donors (Lipinski definition) is 0. The van der Waals surface area contributed by atoms with Gasteiger partial charge in [0, 0.05) is 31.9 Å². The normalized spacial score (nSPS) is 15.8. The molecule has 2 aliphatic heterocycles. The monoisotopic (exact) mass is 716 g/mol. The molecule has 1 atom stereocenters. The van der Waals surface area contributed by atoms with Gasteiger partial charge in [0.05, 0.1) is 28.7 Å². The number of hydrogen-bond acceptors (Lipinski definition) is 3. The Kier molecular flexibility index (Phi) is 7.96. The fourth-order valence-corrected chi connectivity index (χ4v) is 9.61. The topological polar surface area (TPSA) is 6.48 Å². The van der Waals surface area contributed by atoms with Crippen molar-refractivity contribution in [2.24, 2.45) is 0 Å². The fourth-order valence-electron chi connectivity index (χ4n) is 8.32. The number of anilines is 6. The van der Waals surface area contributed by atoms with Crippen molar-refractivity contribution in [2.75, 3.05) is 9.80 Å². The molecule has 1 unspecified atom stereocenters. The van der Waals surface area contributed by atoms with Gasteiger partial charge >= 0.3 is 0 Å². The summed E-state index contributed by atoms with van der Waals surface area (Å²) in [6.45, 7) is 30.0. The van der Waals surface area contributed by atoms with Crippen LogP contribution in [-0.2, 0) is 21.7 Å². The van der Waals surface area contributed by atoms with Crippen LogP contribution >= 0.6 is 11.3 Å². The third kappa shape index (κ3) is 5.91. The average molecular weight is 717 g/mol. The van der Waals surface area contributed by atoms with E-state index < -0.39 is 0 Å². The zero-order chi connectivity index (χ0) is 38.0. The minimum Gasteiger partial charge on any atom is -0.310 e. The second-order valence-corrected chi connectivity index (χ2v) is 20.8. The Morgan fingerprint density at radius 2 is 0.925 bits per heavy atom. The fraction of sp³-hybridized carbons (Fsp3) is 0.360. The Balaban J connectivity index is 1.47. The van der Waals surface area contributed by atoms with Crippen molar-refractivity contribution in [1.29, 1.82) is 0 Å². The smallest absolute Gasteiger partial charge is 0.0689 e. The molecule has 2 nitrogen and oxygen atoms in total. The molecule has 3 heteroatoms. The molecule has 0 spiro atoms. The molecular weight excluding hydrogens is 661 g/mol.